The van der Waals surface area contributed by atoms with Crippen molar-refractivity contribution in [3.8, 4) is 0 Å². The van der Waals surface area contributed by atoms with E-state index in [0.29, 0.717) is 24.3 Å². The summed E-state index contributed by atoms with van der Waals surface area (Å²) in [5.41, 5.74) is 7.18. The molecule has 0 radical (unpaired) electrons. The highest BCUT2D eigenvalue weighted by Crippen LogP contribution is 2.41. The summed E-state index contributed by atoms with van der Waals surface area (Å²) in [5.74, 6) is -1.22. The van der Waals surface area contributed by atoms with E-state index in [2.05, 4.69) is 5.10 Å². The molecule has 0 atom stereocenters. The Morgan fingerprint density at radius 3 is 2.35 bits per heavy atom. The normalized spacial score (nSPS) is 27.9. The summed E-state index contributed by atoms with van der Waals surface area (Å²) in [6.45, 7) is 1.80. The van der Waals surface area contributed by atoms with E-state index in [1.807, 2.05) is 0 Å². The molecule has 1 heterocycles. The molecule has 20 heavy (non-hydrogen) atoms. The van der Waals surface area contributed by atoms with Crippen LogP contribution in [-0.4, -0.2) is 21.5 Å². The molecular weight excluding hydrogens is 291 g/mol. The molecule has 1 fully saturated rings. The lowest BCUT2D eigenvalue weighted by Gasteiger charge is -2.37. The van der Waals surface area contributed by atoms with Gasteiger partial charge in [-0.3, -0.25) is 4.68 Å². The van der Waals surface area contributed by atoms with E-state index in [0.717, 1.165) is 11.4 Å². The molecule has 0 amide bonds. The first kappa shape index (κ1) is 15.6. The zero-order chi connectivity index (χ0) is 15.1. The smallest absolute Gasteiger partial charge is 0.325 e. The van der Waals surface area contributed by atoms with Crippen LogP contribution in [0.15, 0.2) is 0 Å². The maximum Gasteiger partial charge on any atom is 0.391 e. The molecule has 3 nitrogen and oxygen atoms in total. The SMILES string of the molecule is Cc1nn(C)c(CC2(N)CCC(C(F)(F)F)CC2)c1Cl. The Morgan fingerprint density at radius 2 is 1.95 bits per heavy atom. The summed E-state index contributed by atoms with van der Waals surface area (Å²) in [5, 5.41) is 4.78. The molecule has 0 bridgehead atoms. The third-order valence-corrected chi connectivity index (χ3v) is 4.72. The van der Waals surface area contributed by atoms with Crippen molar-refractivity contribution >= 4 is 11.6 Å². The Bertz CT molecular complexity index is 488. The van der Waals surface area contributed by atoms with Crippen LogP contribution in [0.25, 0.3) is 0 Å². The van der Waals surface area contributed by atoms with Gasteiger partial charge >= 0.3 is 6.18 Å². The van der Waals surface area contributed by atoms with Gasteiger partial charge in [-0.1, -0.05) is 11.6 Å². The Kier molecular flexibility index (Phi) is 4.08. The Morgan fingerprint density at radius 1 is 1.40 bits per heavy atom. The van der Waals surface area contributed by atoms with Gasteiger partial charge in [-0.05, 0) is 32.6 Å². The van der Waals surface area contributed by atoms with E-state index in [1.54, 1.807) is 18.7 Å². The summed E-state index contributed by atoms with van der Waals surface area (Å²) < 4.78 is 39.7. The van der Waals surface area contributed by atoms with Gasteiger partial charge in [0.2, 0.25) is 0 Å². The van der Waals surface area contributed by atoms with Gasteiger partial charge in [0.1, 0.15) is 0 Å². The number of nitrogens with two attached hydrogens (primary N) is 1. The third-order valence-electron chi connectivity index (χ3n) is 4.23. The fourth-order valence-electron chi connectivity index (χ4n) is 2.90. The van der Waals surface area contributed by atoms with Crippen LogP contribution in [0.2, 0.25) is 5.02 Å². The van der Waals surface area contributed by atoms with Crippen LogP contribution >= 0.6 is 11.6 Å². The Hall–Kier alpha value is -0.750. The number of hydrogen-bond acceptors (Lipinski definition) is 2. The monoisotopic (exact) mass is 309 g/mol. The van der Waals surface area contributed by atoms with Crippen molar-refractivity contribution < 1.29 is 13.2 Å². The summed E-state index contributed by atoms with van der Waals surface area (Å²) in [6, 6.07) is 0. The van der Waals surface area contributed by atoms with E-state index in [9.17, 15) is 13.2 Å². The maximum atomic E-state index is 12.7. The van der Waals surface area contributed by atoms with Crippen LogP contribution < -0.4 is 5.73 Å². The lowest BCUT2D eigenvalue weighted by molar-refractivity contribution is -0.184. The molecule has 1 aliphatic rings. The summed E-state index contributed by atoms with van der Waals surface area (Å²) >= 11 is 6.18. The fourth-order valence-corrected chi connectivity index (χ4v) is 3.13. The van der Waals surface area contributed by atoms with Crippen LogP contribution in [0, 0.1) is 12.8 Å². The van der Waals surface area contributed by atoms with Crippen LogP contribution in [0.5, 0.6) is 0 Å². The van der Waals surface area contributed by atoms with Gasteiger partial charge in [-0.25, -0.2) is 0 Å². The molecule has 2 N–H and O–H groups in total. The number of halogens is 4. The van der Waals surface area contributed by atoms with Crippen molar-refractivity contribution in [1.29, 1.82) is 0 Å². The molecule has 1 saturated carbocycles. The third kappa shape index (κ3) is 3.11. The van der Waals surface area contributed by atoms with E-state index in [-0.39, 0.29) is 12.8 Å². The number of alkyl halides is 3. The quantitative estimate of drug-likeness (QED) is 0.910. The molecule has 7 heteroatoms. The molecule has 0 aliphatic heterocycles. The minimum absolute atomic E-state index is 0.0917. The average Bonchev–Trinajstić information content (AvgIpc) is 2.55. The number of aryl methyl sites for hydroxylation is 2. The first-order valence-electron chi connectivity index (χ1n) is 6.66. The summed E-state index contributed by atoms with van der Waals surface area (Å²) in [4.78, 5) is 0. The van der Waals surface area contributed by atoms with Crippen LogP contribution in [0.1, 0.15) is 37.1 Å². The van der Waals surface area contributed by atoms with Crippen molar-refractivity contribution in [3.63, 3.8) is 0 Å². The lowest BCUT2D eigenvalue weighted by atomic mass is 9.74. The molecule has 0 spiro atoms. The van der Waals surface area contributed by atoms with Gasteiger partial charge in [0.25, 0.3) is 0 Å². The highest BCUT2D eigenvalue weighted by Gasteiger charge is 2.44. The van der Waals surface area contributed by atoms with Gasteiger partial charge in [-0.2, -0.15) is 18.3 Å². The molecule has 1 aromatic rings. The number of nitrogens with zero attached hydrogens (tertiary/aromatic N) is 2. The molecule has 0 saturated heterocycles. The molecular formula is C13H19ClF3N3. The van der Waals surface area contributed by atoms with Crippen molar-refractivity contribution in [2.45, 2.75) is 50.7 Å². The fraction of sp³-hybridized carbons (Fsp3) is 0.769. The molecule has 1 aromatic heterocycles. The van der Waals surface area contributed by atoms with Crippen LogP contribution in [0.4, 0.5) is 13.2 Å². The van der Waals surface area contributed by atoms with Gasteiger partial charge in [0.05, 0.1) is 22.3 Å². The van der Waals surface area contributed by atoms with Crippen molar-refractivity contribution in [3.05, 3.63) is 16.4 Å². The van der Waals surface area contributed by atoms with Gasteiger partial charge < -0.3 is 5.73 Å². The van der Waals surface area contributed by atoms with Crippen molar-refractivity contribution in [1.82, 2.24) is 9.78 Å². The molecule has 114 valence electrons. The van der Waals surface area contributed by atoms with Crippen LogP contribution in [-0.2, 0) is 13.5 Å². The Labute approximate surface area is 121 Å². The maximum absolute atomic E-state index is 12.7. The minimum atomic E-state index is -4.11. The molecule has 1 aliphatic carbocycles. The number of hydrogen-bond donors (Lipinski definition) is 1. The second-order valence-electron chi connectivity index (χ2n) is 5.82. The second-order valence-corrected chi connectivity index (χ2v) is 6.20. The van der Waals surface area contributed by atoms with E-state index < -0.39 is 17.6 Å². The average molecular weight is 310 g/mol. The molecule has 0 unspecified atom stereocenters. The largest absolute Gasteiger partial charge is 0.391 e. The van der Waals surface area contributed by atoms with Gasteiger partial charge in [0.15, 0.2) is 0 Å². The predicted molar refractivity (Wildman–Crippen MR) is 71.6 cm³/mol. The van der Waals surface area contributed by atoms with E-state index in [4.69, 9.17) is 17.3 Å². The van der Waals surface area contributed by atoms with E-state index >= 15 is 0 Å². The van der Waals surface area contributed by atoms with E-state index in [1.165, 1.54) is 0 Å². The summed E-state index contributed by atoms with van der Waals surface area (Å²) in [7, 11) is 1.78. The van der Waals surface area contributed by atoms with Gasteiger partial charge in [0, 0.05) is 19.0 Å². The summed E-state index contributed by atoms with van der Waals surface area (Å²) in [6.07, 6.45) is -2.74. The second kappa shape index (κ2) is 5.22. The van der Waals surface area contributed by atoms with Crippen molar-refractivity contribution in [2.75, 3.05) is 0 Å². The molecule has 2 rings (SSSR count). The number of rotatable bonds is 2. The standard InChI is InChI=1S/C13H19ClF3N3/c1-8-11(14)10(20(2)19-8)7-12(18)5-3-9(4-6-12)13(15,16)17/h9H,3-7,18H2,1-2H3. The Balaban J connectivity index is 2.07. The van der Waals surface area contributed by atoms with Crippen molar-refractivity contribution in [2.24, 2.45) is 18.7 Å². The molecule has 0 aromatic carbocycles. The zero-order valence-electron chi connectivity index (χ0n) is 11.6. The van der Waals surface area contributed by atoms with Gasteiger partial charge in [-0.15, -0.1) is 0 Å². The topological polar surface area (TPSA) is 43.8 Å². The number of aromatic nitrogens is 2. The minimum Gasteiger partial charge on any atom is -0.325 e. The highest BCUT2D eigenvalue weighted by atomic mass is 35.5. The first-order chi connectivity index (χ1) is 9.12. The lowest BCUT2D eigenvalue weighted by Crippen LogP contribution is -2.47. The zero-order valence-corrected chi connectivity index (χ0v) is 12.4. The highest BCUT2D eigenvalue weighted by molar-refractivity contribution is 6.31. The predicted octanol–water partition coefficient (Wildman–Crippen LogP) is 3.37. The van der Waals surface area contributed by atoms with Crippen LogP contribution in [0.3, 0.4) is 0 Å². The first-order valence-corrected chi connectivity index (χ1v) is 7.04.